The topological polar surface area (TPSA) is 135 Å². The highest BCUT2D eigenvalue weighted by atomic mass is 16.3. The summed E-state index contributed by atoms with van der Waals surface area (Å²) >= 11 is 0. The molecule has 0 unspecified atom stereocenters. The maximum absolute atomic E-state index is 8.61. The molecule has 108 valence electrons. The molecule has 1 rings (SSSR count). The SMILES string of the molecule is C=C(C)C.OCNc1nc(NCO)nc(NCO)n1. The van der Waals surface area contributed by atoms with E-state index in [1.54, 1.807) is 0 Å². The van der Waals surface area contributed by atoms with Gasteiger partial charge >= 0.3 is 0 Å². The number of hydrogen-bond acceptors (Lipinski definition) is 9. The number of nitrogens with zero attached hydrogens (tertiary/aromatic N) is 3. The highest BCUT2D eigenvalue weighted by molar-refractivity contribution is 5.41. The lowest BCUT2D eigenvalue weighted by Crippen LogP contribution is -2.13. The number of aliphatic hydroxyl groups excluding tert-OH is 3. The summed E-state index contributed by atoms with van der Waals surface area (Å²) in [5.74, 6) is 0.373. The Morgan fingerprint density at radius 2 is 1.05 bits per heavy atom. The second-order valence-corrected chi connectivity index (χ2v) is 3.52. The van der Waals surface area contributed by atoms with Crippen LogP contribution in [0.1, 0.15) is 13.8 Å². The molecule has 0 saturated carbocycles. The molecule has 0 saturated heterocycles. The molecule has 0 amide bonds. The number of hydrogen-bond donors (Lipinski definition) is 6. The second kappa shape index (κ2) is 10.00. The van der Waals surface area contributed by atoms with Gasteiger partial charge in [0.25, 0.3) is 0 Å². The first-order valence-electron chi connectivity index (χ1n) is 5.45. The Kier molecular flexibility index (Phi) is 8.96. The van der Waals surface area contributed by atoms with Gasteiger partial charge in [0.1, 0.15) is 20.2 Å². The van der Waals surface area contributed by atoms with Gasteiger partial charge in [0.15, 0.2) is 0 Å². The average Bonchev–Trinajstić information content (AvgIpc) is 2.29. The van der Waals surface area contributed by atoms with E-state index in [-0.39, 0.29) is 38.0 Å². The van der Waals surface area contributed by atoms with Gasteiger partial charge in [-0.05, 0) is 13.8 Å². The first-order valence-corrected chi connectivity index (χ1v) is 5.45. The lowest BCUT2D eigenvalue weighted by Gasteiger charge is -2.07. The molecule has 0 bridgehead atoms. The van der Waals surface area contributed by atoms with Gasteiger partial charge in [0, 0.05) is 0 Å². The molecule has 1 heterocycles. The van der Waals surface area contributed by atoms with Crippen molar-refractivity contribution in [3.8, 4) is 0 Å². The van der Waals surface area contributed by atoms with E-state index in [0.29, 0.717) is 0 Å². The lowest BCUT2D eigenvalue weighted by atomic mass is 10.4. The minimum absolute atomic E-state index is 0.124. The normalized spacial score (nSPS) is 9.11. The zero-order valence-electron chi connectivity index (χ0n) is 11.0. The van der Waals surface area contributed by atoms with Crippen LogP contribution < -0.4 is 16.0 Å². The summed E-state index contributed by atoms with van der Waals surface area (Å²) in [5, 5.41) is 33.2. The van der Waals surface area contributed by atoms with Crippen LogP contribution in [-0.2, 0) is 0 Å². The Balaban J connectivity index is 0.000000711. The van der Waals surface area contributed by atoms with Gasteiger partial charge in [0.2, 0.25) is 17.8 Å². The lowest BCUT2D eigenvalue weighted by molar-refractivity contribution is 0.322. The van der Waals surface area contributed by atoms with Crippen LogP contribution in [0.25, 0.3) is 0 Å². The molecule has 0 aliphatic rings. The quantitative estimate of drug-likeness (QED) is 0.300. The zero-order valence-corrected chi connectivity index (χ0v) is 11.0. The summed E-state index contributed by atoms with van der Waals surface area (Å²) in [5.41, 5.74) is 1.17. The maximum Gasteiger partial charge on any atom is 0.231 e. The van der Waals surface area contributed by atoms with Crippen LogP contribution in [0.4, 0.5) is 17.8 Å². The summed E-state index contributed by atoms with van der Waals surface area (Å²) in [7, 11) is 0. The van der Waals surface area contributed by atoms with Gasteiger partial charge in [-0.15, -0.1) is 6.58 Å². The predicted molar refractivity (Wildman–Crippen MR) is 72.4 cm³/mol. The van der Waals surface area contributed by atoms with Crippen molar-refractivity contribution in [1.82, 2.24) is 15.0 Å². The largest absolute Gasteiger partial charge is 0.376 e. The predicted octanol–water partition coefficient (Wildman–Crippen LogP) is -0.461. The van der Waals surface area contributed by atoms with Gasteiger partial charge in [-0.25, -0.2) is 0 Å². The molecule has 19 heavy (non-hydrogen) atoms. The van der Waals surface area contributed by atoms with Gasteiger partial charge in [0.05, 0.1) is 0 Å². The minimum Gasteiger partial charge on any atom is -0.376 e. The average molecular weight is 272 g/mol. The van der Waals surface area contributed by atoms with Crippen LogP contribution in [0, 0.1) is 0 Å². The van der Waals surface area contributed by atoms with Crippen LogP contribution >= 0.6 is 0 Å². The van der Waals surface area contributed by atoms with Gasteiger partial charge in [-0.3, -0.25) is 0 Å². The molecule has 6 N–H and O–H groups in total. The Morgan fingerprint density at radius 3 is 1.21 bits per heavy atom. The van der Waals surface area contributed by atoms with E-state index in [9.17, 15) is 0 Å². The fraction of sp³-hybridized carbons (Fsp3) is 0.500. The first kappa shape index (κ1) is 17.0. The second-order valence-electron chi connectivity index (χ2n) is 3.52. The third kappa shape index (κ3) is 8.71. The Hall–Kier alpha value is -1.97. The van der Waals surface area contributed by atoms with Crippen LogP contribution in [0.15, 0.2) is 12.2 Å². The maximum atomic E-state index is 8.61. The molecule has 9 heteroatoms. The Labute approximate surface area is 111 Å². The summed E-state index contributed by atoms with van der Waals surface area (Å²) in [6, 6.07) is 0. The van der Waals surface area contributed by atoms with Crippen molar-refractivity contribution in [2.75, 3.05) is 36.1 Å². The fourth-order valence-corrected chi connectivity index (χ4v) is 0.825. The van der Waals surface area contributed by atoms with E-state index in [0.717, 1.165) is 0 Å². The first-order chi connectivity index (χ1) is 9.03. The van der Waals surface area contributed by atoms with E-state index >= 15 is 0 Å². The van der Waals surface area contributed by atoms with Crippen LogP contribution in [-0.4, -0.2) is 50.5 Å². The minimum atomic E-state index is -0.332. The van der Waals surface area contributed by atoms with Crippen LogP contribution in [0.3, 0.4) is 0 Å². The highest BCUT2D eigenvalue weighted by Gasteiger charge is 2.04. The van der Waals surface area contributed by atoms with Gasteiger partial charge < -0.3 is 31.3 Å². The van der Waals surface area contributed by atoms with E-state index < -0.39 is 0 Å². The Bertz CT molecular complexity index is 324. The smallest absolute Gasteiger partial charge is 0.231 e. The standard InChI is InChI=1S/C6H12N6O3.C4H8/c13-1-7-4-10-5(8-2-14)12-6(11-4)9-3-15;1-4(2)3/h13-15H,1-3H2,(H3,7,8,9,10,11,12);1H2,2-3H3. The van der Waals surface area contributed by atoms with Gasteiger partial charge in [-0.2, -0.15) is 15.0 Å². The molecule has 0 aliphatic heterocycles. The molecule has 0 fully saturated rings. The highest BCUT2D eigenvalue weighted by Crippen LogP contribution is 2.07. The third-order valence-electron chi connectivity index (χ3n) is 1.35. The molecule has 0 atom stereocenters. The van der Waals surface area contributed by atoms with Crippen molar-refractivity contribution in [1.29, 1.82) is 0 Å². The van der Waals surface area contributed by atoms with Crippen molar-refractivity contribution in [3.63, 3.8) is 0 Å². The molecule has 0 radical (unpaired) electrons. The number of anilines is 3. The molecular weight excluding hydrogens is 252 g/mol. The summed E-state index contributed by atoms with van der Waals surface area (Å²) in [6.07, 6.45) is 0. The van der Waals surface area contributed by atoms with E-state index in [1.165, 1.54) is 5.57 Å². The number of aliphatic hydroxyl groups is 3. The Morgan fingerprint density at radius 1 is 0.842 bits per heavy atom. The monoisotopic (exact) mass is 272 g/mol. The molecular formula is C10H20N6O3. The zero-order chi connectivity index (χ0) is 14.7. The molecule has 9 nitrogen and oxygen atoms in total. The molecule has 0 spiro atoms. The van der Waals surface area contributed by atoms with Gasteiger partial charge in [-0.1, -0.05) is 5.57 Å². The van der Waals surface area contributed by atoms with Crippen molar-refractivity contribution < 1.29 is 15.3 Å². The summed E-state index contributed by atoms with van der Waals surface area (Å²) in [4.78, 5) is 11.4. The summed E-state index contributed by atoms with van der Waals surface area (Å²) in [6.45, 7) is 6.50. The van der Waals surface area contributed by atoms with Crippen molar-refractivity contribution in [3.05, 3.63) is 12.2 Å². The number of nitrogens with one attached hydrogen (secondary N) is 3. The number of allylic oxidation sites excluding steroid dienone is 1. The molecule has 0 aromatic carbocycles. The molecule has 1 aromatic heterocycles. The molecule has 0 aliphatic carbocycles. The van der Waals surface area contributed by atoms with E-state index in [1.807, 2.05) is 13.8 Å². The van der Waals surface area contributed by atoms with E-state index in [4.69, 9.17) is 15.3 Å². The third-order valence-corrected chi connectivity index (χ3v) is 1.35. The fourth-order valence-electron chi connectivity index (χ4n) is 0.825. The summed E-state index contributed by atoms with van der Waals surface area (Å²) < 4.78 is 0. The van der Waals surface area contributed by atoms with Crippen LogP contribution in [0.5, 0.6) is 0 Å². The van der Waals surface area contributed by atoms with Crippen molar-refractivity contribution in [2.45, 2.75) is 13.8 Å². The van der Waals surface area contributed by atoms with Crippen molar-refractivity contribution in [2.24, 2.45) is 0 Å². The molecule has 1 aromatic rings. The number of aromatic nitrogens is 3. The number of rotatable bonds is 6. The van der Waals surface area contributed by atoms with Crippen LogP contribution in [0.2, 0.25) is 0 Å². The van der Waals surface area contributed by atoms with Crippen molar-refractivity contribution >= 4 is 17.8 Å². The van der Waals surface area contributed by atoms with E-state index in [2.05, 4.69) is 37.5 Å².